The van der Waals surface area contributed by atoms with Gasteiger partial charge in [-0.05, 0) is 30.0 Å². The van der Waals surface area contributed by atoms with E-state index in [0.717, 1.165) is 22.5 Å². The summed E-state index contributed by atoms with van der Waals surface area (Å²) in [4.78, 5) is 12.7. The van der Waals surface area contributed by atoms with Crippen LogP contribution in [0.25, 0.3) is 22.4 Å². The summed E-state index contributed by atoms with van der Waals surface area (Å²) in [6.45, 7) is 6.43. The van der Waals surface area contributed by atoms with E-state index in [1.807, 2.05) is 19.1 Å². The van der Waals surface area contributed by atoms with Gasteiger partial charge in [0.05, 0.1) is 12.8 Å². The van der Waals surface area contributed by atoms with Crippen molar-refractivity contribution in [2.75, 3.05) is 14.2 Å². The summed E-state index contributed by atoms with van der Waals surface area (Å²) in [5, 5.41) is 9.15. The fourth-order valence-electron chi connectivity index (χ4n) is 4.29. The molecule has 0 atom stereocenters. The van der Waals surface area contributed by atoms with E-state index in [0.29, 0.717) is 5.88 Å². The van der Waals surface area contributed by atoms with E-state index < -0.39 is 0 Å². The van der Waals surface area contributed by atoms with Gasteiger partial charge in [0.15, 0.2) is 5.88 Å². The number of aryl methyl sites for hydroxylation is 1. The molecule has 0 spiro atoms. The molecule has 0 unspecified atom stereocenters. The van der Waals surface area contributed by atoms with Gasteiger partial charge in [-0.1, -0.05) is 61.4 Å². The summed E-state index contributed by atoms with van der Waals surface area (Å²) in [6, 6.07) is 23.3. The van der Waals surface area contributed by atoms with Gasteiger partial charge in [0.1, 0.15) is 5.75 Å². The second-order valence-corrected chi connectivity index (χ2v) is 8.66. The molecule has 0 saturated carbocycles. The maximum absolute atomic E-state index is 9.15. The number of hydrogen-bond donors (Lipinski definition) is 1. The predicted molar refractivity (Wildman–Crippen MR) is 137 cm³/mol. The topological polar surface area (TPSA) is 67.6 Å². The van der Waals surface area contributed by atoms with Gasteiger partial charge in [-0.2, -0.15) is 0 Å². The molecular formula is C29H28IrN3O2-. The van der Waals surface area contributed by atoms with Crippen LogP contribution in [0, 0.1) is 13.0 Å². The largest absolute Gasteiger partial charge is 0.507 e. The molecule has 0 aliphatic heterocycles. The van der Waals surface area contributed by atoms with Crippen molar-refractivity contribution in [3.8, 4) is 34.0 Å². The summed E-state index contributed by atoms with van der Waals surface area (Å²) in [5.41, 5.74) is 8.39. The van der Waals surface area contributed by atoms with E-state index in [2.05, 4.69) is 71.3 Å². The molecule has 3 aromatic carbocycles. The van der Waals surface area contributed by atoms with Crippen molar-refractivity contribution in [2.24, 2.45) is 4.99 Å². The average Bonchev–Trinajstić information content (AvgIpc) is 3.08. The number of phenolic OH excluding ortho intramolecular Hbond substituents is 1. The first-order valence-electron chi connectivity index (χ1n) is 11.1. The van der Waals surface area contributed by atoms with Crippen LogP contribution in [0.5, 0.6) is 11.6 Å². The number of phenols is 1. The zero-order valence-corrected chi connectivity index (χ0v) is 22.9. The molecule has 0 fully saturated rings. The van der Waals surface area contributed by atoms with Gasteiger partial charge in [0.25, 0.3) is 0 Å². The first-order valence-corrected chi connectivity index (χ1v) is 11.1. The predicted octanol–water partition coefficient (Wildman–Crippen LogP) is 6.01. The minimum Gasteiger partial charge on any atom is -0.507 e. The van der Waals surface area contributed by atoms with E-state index in [1.165, 1.54) is 22.3 Å². The molecule has 35 heavy (non-hydrogen) atoms. The third-order valence-electron chi connectivity index (χ3n) is 6.03. The molecule has 0 saturated heterocycles. The van der Waals surface area contributed by atoms with Crippen LogP contribution in [0.15, 0.2) is 71.9 Å². The molecule has 6 heteroatoms. The van der Waals surface area contributed by atoms with E-state index in [1.54, 1.807) is 38.7 Å². The SMILES string of the molecule is CN=Cc1ccccc1O.COc1nc(C)cnc1-c1[c-]cc2c(c1)C(C)(C)c1ccccc1-2.[Ir]. The van der Waals surface area contributed by atoms with Crippen molar-refractivity contribution in [1.29, 1.82) is 0 Å². The molecule has 181 valence electrons. The Morgan fingerprint density at radius 1 is 1.03 bits per heavy atom. The Kier molecular flexibility index (Phi) is 8.21. The Morgan fingerprint density at radius 3 is 2.46 bits per heavy atom. The van der Waals surface area contributed by atoms with Crippen molar-refractivity contribution >= 4 is 6.21 Å². The second kappa shape index (κ2) is 10.9. The normalized spacial score (nSPS) is 12.7. The molecule has 0 bridgehead atoms. The quantitative estimate of drug-likeness (QED) is 0.220. The van der Waals surface area contributed by atoms with Crippen molar-refractivity contribution in [3.05, 3.63) is 95.3 Å². The Balaban J connectivity index is 0.000000264. The van der Waals surface area contributed by atoms with Crippen LogP contribution in [0.1, 0.15) is 36.2 Å². The van der Waals surface area contributed by atoms with Gasteiger partial charge in [0.2, 0.25) is 0 Å². The van der Waals surface area contributed by atoms with E-state index in [-0.39, 0.29) is 31.3 Å². The van der Waals surface area contributed by atoms with Crippen LogP contribution in [0.3, 0.4) is 0 Å². The van der Waals surface area contributed by atoms with Gasteiger partial charge < -0.3 is 9.84 Å². The first kappa shape index (κ1) is 26.3. The molecule has 5 nitrogen and oxygen atoms in total. The van der Waals surface area contributed by atoms with E-state index in [4.69, 9.17) is 9.84 Å². The van der Waals surface area contributed by atoms with Crippen LogP contribution in [0.4, 0.5) is 0 Å². The maximum Gasteiger partial charge on any atom is 0.194 e. The number of aromatic hydroxyl groups is 1. The number of nitrogens with zero attached hydrogens (tertiary/aromatic N) is 3. The number of hydrogen-bond acceptors (Lipinski definition) is 5. The number of para-hydroxylation sites is 1. The minimum atomic E-state index is -0.0405. The zero-order valence-electron chi connectivity index (χ0n) is 20.5. The third kappa shape index (κ3) is 5.19. The molecule has 1 N–H and O–H groups in total. The van der Waals surface area contributed by atoms with E-state index in [9.17, 15) is 0 Å². The van der Waals surface area contributed by atoms with Crippen molar-refractivity contribution in [1.82, 2.24) is 9.97 Å². The number of ether oxygens (including phenoxy) is 1. The number of aliphatic imine (C=N–C) groups is 1. The molecule has 1 aromatic heterocycles. The summed E-state index contributed by atoms with van der Waals surface area (Å²) in [6.07, 6.45) is 3.38. The molecule has 0 amide bonds. The van der Waals surface area contributed by atoms with Crippen LogP contribution in [-0.4, -0.2) is 35.4 Å². The Labute approximate surface area is 220 Å². The van der Waals surface area contributed by atoms with Crippen LogP contribution in [0.2, 0.25) is 0 Å². The monoisotopic (exact) mass is 643 g/mol. The minimum absolute atomic E-state index is 0. The second-order valence-electron chi connectivity index (χ2n) is 8.66. The summed E-state index contributed by atoms with van der Waals surface area (Å²) < 4.78 is 5.42. The Morgan fingerprint density at radius 2 is 1.74 bits per heavy atom. The molecule has 5 rings (SSSR count). The van der Waals surface area contributed by atoms with Crippen molar-refractivity contribution < 1.29 is 29.9 Å². The zero-order chi connectivity index (χ0) is 24.3. The Hall–Kier alpha value is -3.34. The van der Waals surface area contributed by atoms with Gasteiger partial charge >= 0.3 is 0 Å². The van der Waals surface area contributed by atoms with Crippen LogP contribution in [-0.2, 0) is 25.5 Å². The van der Waals surface area contributed by atoms with Crippen molar-refractivity contribution in [2.45, 2.75) is 26.2 Å². The first-order chi connectivity index (χ1) is 16.4. The van der Waals surface area contributed by atoms with Crippen molar-refractivity contribution in [3.63, 3.8) is 0 Å². The molecule has 1 heterocycles. The number of rotatable bonds is 3. The van der Waals surface area contributed by atoms with Gasteiger partial charge in [-0.25, -0.2) is 4.98 Å². The number of methoxy groups -OCH3 is 1. The van der Waals surface area contributed by atoms with Gasteiger partial charge in [-0.15, -0.1) is 29.3 Å². The van der Waals surface area contributed by atoms with Crippen LogP contribution < -0.4 is 4.74 Å². The number of fused-ring (bicyclic) bond motifs is 3. The summed E-state index contributed by atoms with van der Waals surface area (Å²) in [7, 11) is 3.30. The standard InChI is InChI=1S/C21H19N2O.C8H9NO.Ir/c1-13-12-22-19(20(23-13)24-4)14-9-10-16-15-7-5-6-8-17(15)21(2,3)18(16)11-14;1-9-6-7-4-2-3-5-8(7)10;/h5-8,10-12H,1-4H3;2-6,10H,1H3;/q-1;;. The molecule has 1 aliphatic carbocycles. The fourth-order valence-corrected chi connectivity index (χ4v) is 4.29. The molecule has 1 aliphatic rings. The fraction of sp³-hybridized carbons (Fsp3) is 0.207. The summed E-state index contributed by atoms with van der Waals surface area (Å²) >= 11 is 0. The van der Waals surface area contributed by atoms with Gasteiger partial charge in [0, 0.05) is 50.8 Å². The smallest absolute Gasteiger partial charge is 0.194 e. The maximum atomic E-state index is 9.15. The Bertz CT molecular complexity index is 1370. The molecule has 1 radical (unpaired) electrons. The van der Waals surface area contributed by atoms with E-state index >= 15 is 0 Å². The number of benzene rings is 3. The third-order valence-corrected chi connectivity index (χ3v) is 6.03. The van der Waals surface area contributed by atoms with Crippen LogP contribution >= 0.6 is 0 Å². The molecule has 4 aromatic rings. The van der Waals surface area contributed by atoms with Gasteiger partial charge in [-0.3, -0.25) is 9.98 Å². The number of aromatic nitrogens is 2. The average molecular weight is 643 g/mol. The summed E-state index contributed by atoms with van der Waals surface area (Å²) in [5.74, 6) is 0.813. The molecular weight excluding hydrogens is 615 g/mol.